The molecule has 0 saturated heterocycles. The van der Waals surface area contributed by atoms with Gasteiger partial charge in [0.25, 0.3) is 15.9 Å². The molecular formula is C27H21FN4O4S. The largest absolute Gasteiger partial charge is 0.397 e. The SMILES string of the molecule is Nc1ccc(-c2cccc(F)c2)cc1NC(=O)c1ccc(CN2C(=O)Nc3ccccc3S2(=O)=O)cc1. The minimum absolute atomic E-state index is 0.0173. The summed E-state index contributed by atoms with van der Waals surface area (Å²) in [5.74, 6) is -0.814. The fraction of sp³-hybridized carbons (Fsp3) is 0.0370. The van der Waals surface area contributed by atoms with Crippen molar-refractivity contribution >= 4 is 39.0 Å². The predicted molar refractivity (Wildman–Crippen MR) is 139 cm³/mol. The molecule has 4 aromatic carbocycles. The van der Waals surface area contributed by atoms with Crippen molar-refractivity contribution in [2.75, 3.05) is 16.4 Å². The number of para-hydroxylation sites is 1. The fourth-order valence-corrected chi connectivity index (χ4v) is 5.46. The van der Waals surface area contributed by atoms with E-state index in [1.165, 1.54) is 36.4 Å². The number of sulfonamides is 1. The number of nitrogens with one attached hydrogen (secondary N) is 2. The number of hydrogen-bond donors (Lipinski definition) is 3. The summed E-state index contributed by atoms with van der Waals surface area (Å²) in [4.78, 5) is 25.4. The topological polar surface area (TPSA) is 122 Å². The van der Waals surface area contributed by atoms with Gasteiger partial charge in [-0.1, -0.05) is 42.5 Å². The minimum Gasteiger partial charge on any atom is -0.397 e. The second-order valence-corrected chi connectivity index (χ2v) is 10.2. The van der Waals surface area contributed by atoms with E-state index >= 15 is 0 Å². The molecule has 0 unspecified atom stereocenters. The molecule has 8 nitrogen and oxygen atoms in total. The van der Waals surface area contributed by atoms with Gasteiger partial charge in [-0.25, -0.2) is 21.9 Å². The van der Waals surface area contributed by atoms with E-state index in [-0.39, 0.29) is 22.9 Å². The van der Waals surface area contributed by atoms with Crippen molar-refractivity contribution in [1.29, 1.82) is 0 Å². The van der Waals surface area contributed by atoms with Crippen LogP contribution in [0.2, 0.25) is 0 Å². The average Bonchev–Trinajstić information content (AvgIpc) is 2.88. The number of amides is 3. The zero-order valence-corrected chi connectivity index (χ0v) is 20.1. The fourth-order valence-electron chi connectivity index (χ4n) is 3.99. The molecule has 0 fully saturated rings. The molecule has 0 aromatic heterocycles. The summed E-state index contributed by atoms with van der Waals surface area (Å²) >= 11 is 0. The van der Waals surface area contributed by atoms with Gasteiger partial charge in [0.15, 0.2) is 0 Å². The van der Waals surface area contributed by atoms with Crippen LogP contribution in [0.1, 0.15) is 15.9 Å². The van der Waals surface area contributed by atoms with Crippen LogP contribution in [-0.2, 0) is 16.6 Å². The minimum atomic E-state index is -4.03. The van der Waals surface area contributed by atoms with Crippen LogP contribution >= 0.6 is 0 Å². The normalized spacial score (nSPS) is 14.0. The molecule has 186 valence electrons. The Labute approximate surface area is 212 Å². The van der Waals surface area contributed by atoms with E-state index in [4.69, 9.17) is 5.73 Å². The number of rotatable bonds is 5. The molecule has 37 heavy (non-hydrogen) atoms. The van der Waals surface area contributed by atoms with Crippen LogP contribution in [0.5, 0.6) is 0 Å². The lowest BCUT2D eigenvalue weighted by atomic mass is 10.0. The molecule has 1 aliphatic heterocycles. The van der Waals surface area contributed by atoms with Gasteiger partial charge in [-0.05, 0) is 65.2 Å². The highest BCUT2D eigenvalue weighted by Crippen LogP contribution is 2.31. The predicted octanol–water partition coefficient (Wildman–Crippen LogP) is 5.06. The highest BCUT2D eigenvalue weighted by atomic mass is 32.2. The number of hydrogen-bond acceptors (Lipinski definition) is 5. The zero-order chi connectivity index (χ0) is 26.2. The number of carbonyl (C=O) groups is 2. The molecule has 3 amide bonds. The van der Waals surface area contributed by atoms with Crippen molar-refractivity contribution in [1.82, 2.24) is 4.31 Å². The van der Waals surface area contributed by atoms with Gasteiger partial charge in [0, 0.05) is 5.56 Å². The molecule has 0 aliphatic carbocycles. The lowest BCUT2D eigenvalue weighted by molar-refractivity contribution is 0.102. The van der Waals surface area contributed by atoms with E-state index in [2.05, 4.69) is 10.6 Å². The summed E-state index contributed by atoms with van der Waals surface area (Å²) in [5.41, 5.74) is 9.11. The van der Waals surface area contributed by atoms with E-state index in [1.54, 1.807) is 54.6 Å². The molecule has 0 saturated carbocycles. The molecule has 0 bridgehead atoms. The van der Waals surface area contributed by atoms with Crippen molar-refractivity contribution in [3.05, 3.63) is 108 Å². The molecule has 10 heteroatoms. The van der Waals surface area contributed by atoms with Crippen molar-refractivity contribution < 1.29 is 22.4 Å². The number of nitrogens with two attached hydrogens (primary N) is 1. The summed E-state index contributed by atoms with van der Waals surface area (Å²) < 4.78 is 40.3. The van der Waals surface area contributed by atoms with Gasteiger partial charge < -0.3 is 16.4 Å². The van der Waals surface area contributed by atoms with Crippen LogP contribution in [-0.4, -0.2) is 24.7 Å². The second kappa shape index (κ2) is 9.40. The Hall–Kier alpha value is -4.70. The van der Waals surface area contributed by atoms with Crippen LogP contribution < -0.4 is 16.4 Å². The third kappa shape index (κ3) is 4.74. The molecule has 4 aromatic rings. The van der Waals surface area contributed by atoms with Gasteiger partial charge >= 0.3 is 6.03 Å². The number of halogens is 1. The van der Waals surface area contributed by atoms with E-state index in [9.17, 15) is 22.4 Å². The Kier molecular flexibility index (Phi) is 6.10. The van der Waals surface area contributed by atoms with Gasteiger partial charge in [0.05, 0.1) is 23.6 Å². The van der Waals surface area contributed by atoms with Crippen LogP contribution in [0.25, 0.3) is 11.1 Å². The number of carbonyl (C=O) groups excluding carboxylic acids is 2. The zero-order valence-electron chi connectivity index (χ0n) is 19.3. The summed E-state index contributed by atoms with van der Waals surface area (Å²) in [6.07, 6.45) is 0. The number of benzene rings is 4. The number of nitrogens with zero attached hydrogens (tertiary/aromatic N) is 1. The van der Waals surface area contributed by atoms with Gasteiger partial charge in [-0.2, -0.15) is 0 Å². The van der Waals surface area contributed by atoms with Crippen LogP contribution in [0.15, 0.2) is 95.9 Å². The number of anilines is 3. The van der Waals surface area contributed by atoms with E-state index in [0.717, 1.165) is 4.31 Å². The quantitative estimate of drug-likeness (QED) is 0.320. The summed E-state index contributed by atoms with van der Waals surface area (Å²) in [5, 5.41) is 5.33. The monoisotopic (exact) mass is 516 g/mol. The molecule has 1 aliphatic rings. The smallest absolute Gasteiger partial charge is 0.336 e. The maximum absolute atomic E-state index is 13.6. The Morgan fingerprint density at radius 1 is 0.919 bits per heavy atom. The molecule has 0 spiro atoms. The first-order valence-corrected chi connectivity index (χ1v) is 12.6. The average molecular weight is 517 g/mol. The van der Waals surface area contributed by atoms with Crippen molar-refractivity contribution in [2.24, 2.45) is 0 Å². The van der Waals surface area contributed by atoms with Crippen LogP contribution in [0.4, 0.5) is 26.2 Å². The maximum Gasteiger partial charge on any atom is 0.336 e. The molecular weight excluding hydrogens is 495 g/mol. The maximum atomic E-state index is 13.6. The van der Waals surface area contributed by atoms with Gasteiger partial charge in [0.2, 0.25) is 0 Å². The molecule has 5 rings (SSSR count). The Balaban J connectivity index is 1.32. The van der Waals surface area contributed by atoms with E-state index in [1.807, 2.05) is 0 Å². The Bertz CT molecular complexity index is 1640. The van der Waals surface area contributed by atoms with Crippen molar-refractivity contribution in [2.45, 2.75) is 11.4 Å². The van der Waals surface area contributed by atoms with E-state index < -0.39 is 22.0 Å². The molecule has 4 N–H and O–H groups in total. The highest BCUT2D eigenvalue weighted by molar-refractivity contribution is 7.90. The Morgan fingerprint density at radius 3 is 2.41 bits per heavy atom. The first-order valence-electron chi connectivity index (χ1n) is 11.2. The van der Waals surface area contributed by atoms with Crippen LogP contribution in [0, 0.1) is 5.82 Å². The Morgan fingerprint density at radius 2 is 1.65 bits per heavy atom. The summed E-state index contributed by atoms with van der Waals surface area (Å²) in [7, 11) is -4.03. The first-order chi connectivity index (χ1) is 17.7. The number of nitrogen functional groups attached to an aromatic ring is 1. The second-order valence-electron chi connectivity index (χ2n) is 8.40. The lowest BCUT2D eigenvalue weighted by Crippen LogP contribution is -2.43. The third-order valence-corrected chi connectivity index (χ3v) is 7.71. The van der Waals surface area contributed by atoms with Crippen molar-refractivity contribution in [3.63, 3.8) is 0 Å². The van der Waals surface area contributed by atoms with Crippen molar-refractivity contribution in [3.8, 4) is 11.1 Å². The summed E-state index contributed by atoms with van der Waals surface area (Å²) in [6.45, 7) is -0.201. The summed E-state index contributed by atoms with van der Waals surface area (Å²) in [6, 6.07) is 22.7. The molecule has 0 radical (unpaired) electrons. The molecule has 0 atom stereocenters. The standard InChI is InChI=1S/C27H21FN4O4S/c28-21-5-3-4-19(14-21)20-12-13-22(29)24(15-20)30-26(33)18-10-8-17(9-11-18)16-32-27(34)31-23-6-1-2-7-25(23)37(32,35)36/h1-15H,16,29H2,(H,30,33)(H,31,34). The third-order valence-electron chi connectivity index (χ3n) is 5.92. The number of fused-ring (bicyclic) bond motifs is 1. The lowest BCUT2D eigenvalue weighted by Gasteiger charge is -2.28. The van der Waals surface area contributed by atoms with E-state index in [0.29, 0.717) is 33.6 Å². The van der Waals surface area contributed by atoms with Gasteiger partial charge in [0.1, 0.15) is 10.7 Å². The van der Waals surface area contributed by atoms with Gasteiger partial charge in [-0.3, -0.25) is 4.79 Å². The molecule has 1 heterocycles. The van der Waals surface area contributed by atoms with Gasteiger partial charge in [-0.15, -0.1) is 0 Å². The first kappa shape index (κ1) is 24.0. The van der Waals surface area contributed by atoms with Crippen LogP contribution in [0.3, 0.4) is 0 Å². The highest BCUT2D eigenvalue weighted by Gasteiger charge is 2.36. The number of urea groups is 1.